The van der Waals surface area contributed by atoms with Gasteiger partial charge in [0.15, 0.2) is 0 Å². The minimum Gasteiger partial charge on any atom is -0.384 e. The quantitative estimate of drug-likeness (QED) is 0.871. The molecule has 0 spiro atoms. The summed E-state index contributed by atoms with van der Waals surface area (Å²) >= 11 is 0. The van der Waals surface area contributed by atoms with Crippen molar-refractivity contribution in [1.29, 1.82) is 0 Å². The molecule has 0 aliphatic heterocycles. The van der Waals surface area contributed by atoms with Crippen LogP contribution in [-0.4, -0.2) is 9.55 Å². The van der Waals surface area contributed by atoms with Crippen LogP contribution in [0.2, 0.25) is 0 Å². The fraction of sp³-hybridized carbons (Fsp3) is 0.786. The fourth-order valence-corrected chi connectivity index (χ4v) is 2.88. The molecule has 0 radical (unpaired) electrons. The van der Waals surface area contributed by atoms with Gasteiger partial charge in [-0.05, 0) is 25.7 Å². The SMILES string of the molecule is Cc1nc(C2CCCCC2)c(N)n1CC(C)C. The molecule has 0 amide bonds. The summed E-state index contributed by atoms with van der Waals surface area (Å²) in [5.41, 5.74) is 7.45. The Hall–Kier alpha value is -0.990. The van der Waals surface area contributed by atoms with Gasteiger partial charge < -0.3 is 10.3 Å². The van der Waals surface area contributed by atoms with Gasteiger partial charge in [0.25, 0.3) is 0 Å². The van der Waals surface area contributed by atoms with E-state index in [-0.39, 0.29) is 0 Å². The predicted octanol–water partition coefficient (Wildman–Crippen LogP) is 3.48. The Morgan fingerprint density at radius 2 is 1.94 bits per heavy atom. The summed E-state index contributed by atoms with van der Waals surface area (Å²) in [6.07, 6.45) is 6.58. The first kappa shape index (κ1) is 12.5. The molecule has 1 saturated carbocycles. The second kappa shape index (κ2) is 5.11. The van der Waals surface area contributed by atoms with E-state index in [2.05, 4.69) is 25.3 Å². The Labute approximate surface area is 104 Å². The Morgan fingerprint density at radius 3 is 2.53 bits per heavy atom. The summed E-state index contributed by atoms with van der Waals surface area (Å²) in [5.74, 6) is 3.22. The largest absolute Gasteiger partial charge is 0.384 e. The van der Waals surface area contributed by atoms with E-state index in [4.69, 9.17) is 10.7 Å². The first-order chi connectivity index (χ1) is 8.09. The van der Waals surface area contributed by atoms with Crippen LogP contribution in [0.25, 0.3) is 0 Å². The second-order valence-electron chi connectivity index (χ2n) is 5.77. The minimum atomic E-state index is 0.607. The van der Waals surface area contributed by atoms with Gasteiger partial charge in [0.05, 0.1) is 5.69 Å². The van der Waals surface area contributed by atoms with Crippen molar-refractivity contribution in [3.63, 3.8) is 0 Å². The van der Waals surface area contributed by atoms with Crippen molar-refractivity contribution in [3.05, 3.63) is 11.5 Å². The molecule has 0 aromatic carbocycles. The fourth-order valence-electron chi connectivity index (χ4n) is 2.88. The van der Waals surface area contributed by atoms with Gasteiger partial charge in [0.1, 0.15) is 11.6 Å². The van der Waals surface area contributed by atoms with Gasteiger partial charge >= 0.3 is 0 Å². The van der Waals surface area contributed by atoms with Crippen molar-refractivity contribution in [1.82, 2.24) is 9.55 Å². The molecule has 0 bridgehead atoms. The third-order valence-corrected chi connectivity index (χ3v) is 3.77. The van der Waals surface area contributed by atoms with E-state index in [1.165, 1.54) is 37.8 Å². The van der Waals surface area contributed by atoms with Crippen LogP contribution in [0.4, 0.5) is 5.82 Å². The van der Waals surface area contributed by atoms with Crippen LogP contribution in [0.15, 0.2) is 0 Å². The zero-order valence-corrected chi connectivity index (χ0v) is 11.4. The van der Waals surface area contributed by atoms with Crippen molar-refractivity contribution in [2.24, 2.45) is 5.92 Å². The van der Waals surface area contributed by atoms with E-state index in [1.807, 2.05) is 0 Å². The van der Waals surface area contributed by atoms with Crippen molar-refractivity contribution < 1.29 is 0 Å². The average molecular weight is 235 g/mol. The highest BCUT2D eigenvalue weighted by Crippen LogP contribution is 2.35. The molecule has 0 unspecified atom stereocenters. The molecule has 1 aliphatic rings. The van der Waals surface area contributed by atoms with Crippen molar-refractivity contribution in [2.75, 3.05) is 5.73 Å². The van der Waals surface area contributed by atoms with Gasteiger partial charge in [-0.15, -0.1) is 0 Å². The van der Waals surface area contributed by atoms with Gasteiger partial charge in [-0.3, -0.25) is 0 Å². The smallest absolute Gasteiger partial charge is 0.127 e. The van der Waals surface area contributed by atoms with Gasteiger partial charge in [0, 0.05) is 12.5 Å². The highest BCUT2D eigenvalue weighted by molar-refractivity contribution is 5.40. The molecule has 1 aromatic heterocycles. The van der Waals surface area contributed by atoms with E-state index >= 15 is 0 Å². The number of aryl methyl sites for hydroxylation is 1. The summed E-state index contributed by atoms with van der Waals surface area (Å²) < 4.78 is 2.19. The molecule has 1 aromatic rings. The maximum atomic E-state index is 6.28. The van der Waals surface area contributed by atoms with Gasteiger partial charge in [-0.25, -0.2) is 4.98 Å². The van der Waals surface area contributed by atoms with Crippen LogP contribution in [0.3, 0.4) is 0 Å². The monoisotopic (exact) mass is 235 g/mol. The lowest BCUT2D eigenvalue weighted by atomic mass is 9.87. The number of aromatic nitrogens is 2. The molecule has 1 aliphatic carbocycles. The Kier molecular flexibility index (Phi) is 3.75. The Balaban J connectivity index is 2.23. The van der Waals surface area contributed by atoms with Crippen LogP contribution in [0, 0.1) is 12.8 Å². The first-order valence-electron chi connectivity index (χ1n) is 6.92. The number of nitrogens with two attached hydrogens (primary N) is 1. The molecule has 96 valence electrons. The molecular formula is C14H25N3. The second-order valence-corrected chi connectivity index (χ2v) is 5.77. The van der Waals surface area contributed by atoms with Crippen LogP contribution < -0.4 is 5.73 Å². The lowest BCUT2D eigenvalue weighted by Crippen LogP contribution is -2.11. The summed E-state index contributed by atoms with van der Waals surface area (Å²) in [4.78, 5) is 4.72. The number of hydrogen-bond donors (Lipinski definition) is 1. The maximum Gasteiger partial charge on any atom is 0.127 e. The molecule has 0 atom stereocenters. The molecule has 1 heterocycles. The first-order valence-corrected chi connectivity index (χ1v) is 6.92. The standard InChI is InChI=1S/C14H25N3/c1-10(2)9-17-11(3)16-13(14(17)15)12-7-5-4-6-8-12/h10,12H,4-9,15H2,1-3H3. The molecule has 2 N–H and O–H groups in total. The molecule has 2 rings (SSSR count). The Bertz CT molecular complexity index is 373. The topological polar surface area (TPSA) is 43.8 Å². The third-order valence-electron chi connectivity index (χ3n) is 3.77. The highest BCUT2D eigenvalue weighted by atomic mass is 15.1. The zero-order valence-electron chi connectivity index (χ0n) is 11.4. The molecule has 3 heteroatoms. The predicted molar refractivity (Wildman–Crippen MR) is 72.0 cm³/mol. The van der Waals surface area contributed by atoms with E-state index in [9.17, 15) is 0 Å². The van der Waals surface area contributed by atoms with Gasteiger partial charge in [0.2, 0.25) is 0 Å². The number of nitrogen functional groups attached to an aromatic ring is 1. The number of rotatable bonds is 3. The molecular weight excluding hydrogens is 210 g/mol. The summed E-state index contributed by atoms with van der Waals surface area (Å²) in [6, 6.07) is 0. The summed E-state index contributed by atoms with van der Waals surface area (Å²) in [7, 11) is 0. The van der Waals surface area contributed by atoms with Gasteiger partial charge in [-0.2, -0.15) is 0 Å². The zero-order chi connectivity index (χ0) is 12.4. The lowest BCUT2D eigenvalue weighted by molar-refractivity contribution is 0.438. The molecule has 0 saturated heterocycles. The third kappa shape index (κ3) is 2.64. The highest BCUT2D eigenvalue weighted by Gasteiger charge is 2.23. The van der Waals surface area contributed by atoms with Crippen LogP contribution in [0.5, 0.6) is 0 Å². The maximum absolute atomic E-state index is 6.28. The van der Waals surface area contributed by atoms with E-state index in [1.54, 1.807) is 0 Å². The van der Waals surface area contributed by atoms with E-state index in [0.29, 0.717) is 11.8 Å². The Morgan fingerprint density at radius 1 is 1.29 bits per heavy atom. The molecule has 1 fully saturated rings. The van der Waals surface area contributed by atoms with Crippen LogP contribution in [0.1, 0.15) is 63.4 Å². The molecule has 3 nitrogen and oxygen atoms in total. The number of hydrogen-bond acceptors (Lipinski definition) is 2. The normalized spacial score (nSPS) is 17.9. The van der Waals surface area contributed by atoms with E-state index < -0.39 is 0 Å². The number of nitrogens with zero attached hydrogens (tertiary/aromatic N) is 2. The van der Waals surface area contributed by atoms with Crippen LogP contribution in [-0.2, 0) is 6.54 Å². The van der Waals surface area contributed by atoms with Crippen molar-refractivity contribution in [2.45, 2.75) is 65.3 Å². The minimum absolute atomic E-state index is 0.607. The number of anilines is 1. The van der Waals surface area contributed by atoms with Gasteiger partial charge in [-0.1, -0.05) is 33.1 Å². The average Bonchev–Trinajstić information content (AvgIpc) is 2.58. The summed E-state index contributed by atoms with van der Waals surface area (Å²) in [6.45, 7) is 7.50. The number of imidazole rings is 1. The lowest BCUT2D eigenvalue weighted by Gasteiger charge is -2.20. The van der Waals surface area contributed by atoms with Crippen LogP contribution >= 0.6 is 0 Å². The summed E-state index contributed by atoms with van der Waals surface area (Å²) in [5, 5.41) is 0. The van der Waals surface area contributed by atoms with Crippen molar-refractivity contribution >= 4 is 5.82 Å². The van der Waals surface area contributed by atoms with E-state index in [0.717, 1.165) is 18.2 Å². The molecule has 17 heavy (non-hydrogen) atoms. The van der Waals surface area contributed by atoms with Crippen molar-refractivity contribution in [3.8, 4) is 0 Å².